The van der Waals surface area contributed by atoms with Gasteiger partial charge in [-0.25, -0.2) is 0 Å². The fourth-order valence-electron chi connectivity index (χ4n) is 4.42. The second-order valence-corrected chi connectivity index (χ2v) is 9.32. The van der Waals surface area contributed by atoms with Crippen molar-refractivity contribution in [3.63, 3.8) is 0 Å². The van der Waals surface area contributed by atoms with Gasteiger partial charge in [0.2, 0.25) is 0 Å². The number of aldehydes is 1. The number of ether oxygens (including phenoxy) is 2. The van der Waals surface area contributed by atoms with E-state index in [1.165, 1.54) is 17.5 Å². The molecular weight excluding hydrogens is 496 g/mol. The van der Waals surface area contributed by atoms with Gasteiger partial charge in [-0.1, -0.05) is 52.0 Å². The van der Waals surface area contributed by atoms with Crippen LogP contribution in [0, 0.1) is 23.7 Å². The molecule has 0 aliphatic heterocycles. The molecule has 0 bridgehead atoms. The molecule has 39 heavy (non-hydrogen) atoms. The van der Waals surface area contributed by atoms with Crippen LogP contribution in [0.1, 0.15) is 64.9 Å². The van der Waals surface area contributed by atoms with E-state index in [1.807, 2.05) is 45.3 Å². The Labute approximate surface area is 265 Å². The Balaban J connectivity index is -0.000000166. The first-order valence-corrected chi connectivity index (χ1v) is 12.9. The Morgan fingerprint density at radius 3 is 1.62 bits per heavy atom. The maximum atomic E-state index is 10.8. The number of hydrogen-bond donors (Lipinski definition) is 1. The van der Waals surface area contributed by atoms with Gasteiger partial charge in [-0.3, -0.25) is 0 Å². The van der Waals surface area contributed by atoms with Crippen LogP contribution in [0.4, 0.5) is 0 Å². The zero-order chi connectivity index (χ0) is 28.8. The van der Waals surface area contributed by atoms with Crippen LogP contribution in [-0.2, 0) is 4.79 Å². The molecule has 0 saturated heterocycles. The summed E-state index contributed by atoms with van der Waals surface area (Å²) in [7, 11) is 11.4. The smallest absolute Gasteiger partial charge is 0.512 e. The van der Waals surface area contributed by atoms with Crippen molar-refractivity contribution in [2.75, 3.05) is 49.0 Å². The molecule has 6 nitrogen and oxygen atoms in total. The number of nitrogens with one attached hydrogen (secondary N) is 1. The first-order valence-electron chi connectivity index (χ1n) is 12.9. The van der Waals surface area contributed by atoms with Crippen LogP contribution in [0.25, 0.3) is 0 Å². The van der Waals surface area contributed by atoms with E-state index in [2.05, 4.69) is 69.3 Å². The standard InChI is InChI=1S/C15H25NO.C13H18O2.C2H7N.CN.B.Na/c1-6-15(12(2)11-16(3)4)13-8-7-9-14(10-13)17-5;1-4-13(10(2)9-14)11-6-5-7-12(8-11)15-3;1-3-2;1-2;;/h7-10,12,15H,6,11H2,1-5H3;5-10,13H,4H2,1-3H3;3H,1-2H3;;;/q;;;-1;;+1/p+1. The molecule has 0 saturated carbocycles. The van der Waals surface area contributed by atoms with Gasteiger partial charge in [-0.05, 0) is 94.2 Å². The van der Waals surface area contributed by atoms with Crippen LogP contribution >= 0.6 is 0 Å². The molecule has 8 heteroatoms. The Bertz CT molecular complexity index is 874. The van der Waals surface area contributed by atoms with E-state index in [1.54, 1.807) is 14.2 Å². The topological polar surface area (TPSA) is 74.6 Å². The van der Waals surface area contributed by atoms with Gasteiger partial charge in [0, 0.05) is 20.9 Å². The molecule has 0 aromatic heterocycles. The molecule has 2 aromatic carbocycles. The summed E-state index contributed by atoms with van der Waals surface area (Å²) in [6.07, 6.45) is 3.16. The summed E-state index contributed by atoms with van der Waals surface area (Å²) in [5.74, 6) is 3.41. The van der Waals surface area contributed by atoms with Crippen molar-refractivity contribution >= 4 is 14.7 Å². The van der Waals surface area contributed by atoms with Crippen molar-refractivity contribution in [2.45, 2.75) is 52.4 Å². The van der Waals surface area contributed by atoms with Gasteiger partial charge in [0.1, 0.15) is 17.8 Å². The third-order valence-electron chi connectivity index (χ3n) is 6.11. The minimum absolute atomic E-state index is 0. The molecule has 3 radical (unpaired) electrons. The molecule has 4 atom stereocenters. The summed E-state index contributed by atoms with van der Waals surface area (Å²) < 4.78 is 10.5. The van der Waals surface area contributed by atoms with E-state index >= 15 is 0 Å². The summed E-state index contributed by atoms with van der Waals surface area (Å²) in [6.45, 7) is 14.5. The Morgan fingerprint density at radius 2 is 1.31 bits per heavy atom. The molecular formula is C31H51BN3NaO3+. The van der Waals surface area contributed by atoms with Crippen molar-refractivity contribution in [1.82, 2.24) is 10.2 Å². The molecule has 0 fully saturated rings. The van der Waals surface area contributed by atoms with Gasteiger partial charge in [-0.15, -0.1) is 0 Å². The van der Waals surface area contributed by atoms with Gasteiger partial charge in [-0.2, -0.15) is 0 Å². The van der Waals surface area contributed by atoms with Crippen LogP contribution in [0.15, 0.2) is 48.5 Å². The predicted octanol–water partition coefficient (Wildman–Crippen LogP) is 3.08. The number of carbonyl (C=O) groups is 1. The van der Waals surface area contributed by atoms with Crippen LogP contribution in [0.2, 0.25) is 0 Å². The molecule has 0 amide bonds. The fourth-order valence-corrected chi connectivity index (χ4v) is 4.42. The predicted molar refractivity (Wildman–Crippen MR) is 162 cm³/mol. The summed E-state index contributed by atoms with van der Waals surface area (Å²) in [6, 6.07) is 16.4. The van der Waals surface area contributed by atoms with Crippen molar-refractivity contribution in [3.8, 4) is 11.5 Å². The molecule has 4 unspecified atom stereocenters. The number of carbonyl (C=O) groups excluding carboxylic acids is 1. The normalized spacial score (nSPS) is 12.4. The molecule has 2 rings (SSSR count). The molecule has 1 N–H and O–H groups in total. The summed E-state index contributed by atoms with van der Waals surface area (Å²) in [5, 5.41) is 9.00. The second kappa shape index (κ2) is 27.7. The molecule has 0 spiro atoms. The molecule has 0 aliphatic carbocycles. The van der Waals surface area contributed by atoms with Gasteiger partial charge in [0.05, 0.1) is 14.2 Å². The van der Waals surface area contributed by atoms with E-state index in [-0.39, 0.29) is 51.2 Å². The summed E-state index contributed by atoms with van der Waals surface area (Å²) in [4.78, 5) is 13.1. The molecule has 211 valence electrons. The molecule has 0 heterocycles. The van der Waals surface area contributed by atoms with Crippen LogP contribution in [0.5, 0.6) is 11.5 Å². The maximum Gasteiger partial charge on any atom is 1.00 e. The van der Waals surface area contributed by atoms with Crippen LogP contribution in [0.3, 0.4) is 0 Å². The van der Waals surface area contributed by atoms with E-state index in [9.17, 15) is 4.79 Å². The first-order chi connectivity index (χ1) is 17.7. The second-order valence-electron chi connectivity index (χ2n) is 9.32. The first kappa shape index (κ1) is 44.2. The quantitative estimate of drug-likeness (QED) is 0.265. The fraction of sp³-hybridized carbons (Fsp3) is 0.548. The summed E-state index contributed by atoms with van der Waals surface area (Å²) in [5.41, 5.74) is 2.57. The zero-order valence-electron chi connectivity index (χ0n) is 27.3. The largest absolute Gasteiger partial charge is 1.00 e. The Kier molecular flexibility index (Phi) is 31.4. The van der Waals surface area contributed by atoms with Crippen molar-refractivity contribution < 1.29 is 45.3 Å². The maximum absolute atomic E-state index is 10.8. The number of hydrogen-bond acceptors (Lipinski definition) is 6. The van der Waals surface area contributed by atoms with Gasteiger partial charge in [0.25, 0.3) is 0 Å². The van der Waals surface area contributed by atoms with Gasteiger partial charge in [0.15, 0.2) is 0 Å². The van der Waals surface area contributed by atoms with E-state index in [4.69, 9.17) is 21.3 Å². The minimum Gasteiger partial charge on any atom is -0.512 e. The average Bonchev–Trinajstić information content (AvgIpc) is 2.91. The minimum atomic E-state index is 0. The third-order valence-corrected chi connectivity index (χ3v) is 6.11. The average molecular weight is 548 g/mol. The van der Waals surface area contributed by atoms with Crippen molar-refractivity contribution in [1.29, 1.82) is 5.26 Å². The van der Waals surface area contributed by atoms with Crippen molar-refractivity contribution in [2.24, 2.45) is 11.8 Å². The molecule has 2 aromatic rings. The van der Waals surface area contributed by atoms with E-state index < -0.39 is 0 Å². The van der Waals surface area contributed by atoms with E-state index in [0.29, 0.717) is 11.8 Å². The Hall–Kier alpha value is -1.82. The monoisotopic (exact) mass is 547 g/mol. The Morgan fingerprint density at radius 1 is 0.923 bits per heavy atom. The number of nitrogens with zero attached hydrogens (tertiary/aromatic N) is 2. The zero-order valence-corrected chi connectivity index (χ0v) is 28.3. The summed E-state index contributed by atoms with van der Waals surface area (Å²) >= 11 is 0. The van der Waals surface area contributed by atoms with Gasteiger partial charge < -0.3 is 36.3 Å². The van der Waals surface area contributed by atoms with Crippen LogP contribution in [-0.4, -0.2) is 68.6 Å². The number of rotatable bonds is 11. The van der Waals surface area contributed by atoms with Crippen LogP contribution < -0.4 is 44.3 Å². The SMILES string of the molecule is CCC(c1cccc(OC)c1)C(C)C=O.CCC(c1cccc(OC)c1)C(C)CN(C)C.CNC.[B].[C-]#N.[H+].[Na+]. The van der Waals surface area contributed by atoms with Crippen molar-refractivity contribution in [3.05, 3.63) is 66.2 Å². The number of benzene rings is 2. The molecule has 0 aliphatic rings. The third kappa shape index (κ3) is 18.2. The van der Waals surface area contributed by atoms with Gasteiger partial charge >= 0.3 is 31.0 Å². The number of methoxy groups -OCH3 is 2. The van der Waals surface area contributed by atoms with E-state index in [0.717, 1.165) is 30.8 Å².